The van der Waals surface area contributed by atoms with Crippen LogP contribution >= 0.6 is 11.6 Å². The summed E-state index contributed by atoms with van der Waals surface area (Å²) >= 11 is 6.07. The number of halogens is 1. The first-order chi connectivity index (χ1) is 11.1. The maximum absolute atomic E-state index is 12.1. The molecule has 0 aliphatic heterocycles. The molecule has 1 aromatic heterocycles. The van der Waals surface area contributed by atoms with E-state index >= 15 is 0 Å². The van der Waals surface area contributed by atoms with Crippen LogP contribution in [0, 0.1) is 0 Å². The molecule has 5 heteroatoms. The van der Waals surface area contributed by atoms with Gasteiger partial charge in [0.2, 0.25) is 0 Å². The lowest BCUT2D eigenvalue weighted by molar-refractivity contribution is -0.145. The van der Waals surface area contributed by atoms with E-state index in [0.717, 1.165) is 41.6 Å². The van der Waals surface area contributed by atoms with Crippen LogP contribution in [-0.2, 0) is 16.0 Å². The molecular formula is C18H19ClN2O2. The minimum Gasteiger partial charge on any atom is -0.465 e. The van der Waals surface area contributed by atoms with Crippen molar-refractivity contribution in [1.29, 1.82) is 0 Å². The Balaban J connectivity index is 1.99. The first-order valence-corrected chi connectivity index (χ1v) is 8.18. The molecule has 1 aliphatic rings. The Labute approximate surface area is 140 Å². The number of hydrogen-bond donors (Lipinski definition) is 1. The summed E-state index contributed by atoms with van der Waals surface area (Å²) in [7, 11) is 0. The van der Waals surface area contributed by atoms with Gasteiger partial charge in [0, 0.05) is 28.0 Å². The number of pyridine rings is 1. The van der Waals surface area contributed by atoms with Crippen LogP contribution in [0.5, 0.6) is 0 Å². The van der Waals surface area contributed by atoms with Crippen LogP contribution in [0.3, 0.4) is 0 Å². The van der Waals surface area contributed by atoms with Gasteiger partial charge in [-0.25, -0.2) is 0 Å². The Morgan fingerprint density at radius 2 is 2.26 bits per heavy atom. The molecule has 0 saturated heterocycles. The van der Waals surface area contributed by atoms with Gasteiger partial charge in [-0.15, -0.1) is 0 Å². The molecule has 1 aliphatic carbocycles. The maximum Gasteiger partial charge on any atom is 0.315 e. The molecule has 23 heavy (non-hydrogen) atoms. The topological polar surface area (TPSA) is 65.2 Å². The van der Waals surface area contributed by atoms with Crippen molar-refractivity contribution in [3.63, 3.8) is 0 Å². The summed E-state index contributed by atoms with van der Waals surface area (Å²) < 4.78 is 5.17. The van der Waals surface area contributed by atoms with Crippen LogP contribution in [0.1, 0.15) is 36.9 Å². The summed E-state index contributed by atoms with van der Waals surface area (Å²) in [6.45, 7) is 2.21. The number of nitrogens with two attached hydrogens (primary N) is 1. The van der Waals surface area contributed by atoms with Crippen LogP contribution in [0.25, 0.3) is 11.1 Å². The summed E-state index contributed by atoms with van der Waals surface area (Å²) in [6.07, 6.45) is 4.41. The molecule has 3 rings (SSSR count). The van der Waals surface area contributed by atoms with Crippen LogP contribution in [0.4, 0.5) is 5.69 Å². The van der Waals surface area contributed by atoms with Crippen LogP contribution < -0.4 is 5.73 Å². The second-order valence-electron chi connectivity index (χ2n) is 5.70. The van der Waals surface area contributed by atoms with Gasteiger partial charge in [-0.1, -0.05) is 11.6 Å². The summed E-state index contributed by atoms with van der Waals surface area (Å²) in [5, 5.41) is 0.635. The average molecular weight is 331 g/mol. The van der Waals surface area contributed by atoms with Crippen molar-refractivity contribution in [2.75, 3.05) is 12.3 Å². The molecule has 0 radical (unpaired) electrons. The van der Waals surface area contributed by atoms with E-state index in [4.69, 9.17) is 22.1 Å². The van der Waals surface area contributed by atoms with E-state index in [2.05, 4.69) is 11.1 Å². The number of ether oxygens (including phenoxy) is 1. The number of nitrogen functional groups attached to an aromatic ring is 1. The normalized spacial score (nSPS) is 16.7. The standard InChI is InChI=1S/C18H19ClN2O2/c1-2-23-18(22)14-5-3-4-11-8-12(10-21-17(11)14)15-9-13(19)6-7-16(15)20/h6-10,14H,2-5,20H2,1H3. The SMILES string of the molecule is CCOC(=O)C1CCCc2cc(-c3cc(Cl)ccc3N)cnc21. The summed E-state index contributed by atoms with van der Waals surface area (Å²) in [5.74, 6) is -0.444. The van der Waals surface area contributed by atoms with Gasteiger partial charge in [0.05, 0.1) is 18.2 Å². The van der Waals surface area contributed by atoms with Crippen molar-refractivity contribution in [3.8, 4) is 11.1 Å². The van der Waals surface area contributed by atoms with Crippen LogP contribution in [0.2, 0.25) is 5.02 Å². The van der Waals surface area contributed by atoms with Crippen LogP contribution in [-0.4, -0.2) is 17.6 Å². The largest absolute Gasteiger partial charge is 0.465 e. The monoisotopic (exact) mass is 330 g/mol. The summed E-state index contributed by atoms with van der Waals surface area (Å²) in [5.41, 5.74) is 10.4. The lowest BCUT2D eigenvalue weighted by atomic mass is 9.85. The van der Waals surface area contributed by atoms with Crippen molar-refractivity contribution >= 4 is 23.3 Å². The molecule has 0 bridgehead atoms. The van der Waals surface area contributed by atoms with E-state index in [-0.39, 0.29) is 11.9 Å². The molecule has 0 amide bonds. The van der Waals surface area contributed by atoms with Crippen LogP contribution in [0.15, 0.2) is 30.5 Å². The average Bonchev–Trinajstić information content (AvgIpc) is 2.56. The fraction of sp³-hybridized carbons (Fsp3) is 0.333. The molecule has 2 N–H and O–H groups in total. The Morgan fingerprint density at radius 1 is 1.43 bits per heavy atom. The van der Waals surface area contributed by atoms with Crippen molar-refractivity contribution < 1.29 is 9.53 Å². The Kier molecular flexibility index (Phi) is 4.53. The summed E-state index contributed by atoms with van der Waals surface area (Å²) in [4.78, 5) is 16.7. The molecule has 1 heterocycles. The van der Waals surface area contributed by atoms with Gasteiger partial charge in [0.1, 0.15) is 0 Å². The number of fused-ring (bicyclic) bond motifs is 1. The highest BCUT2D eigenvalue weighted by Crippen LogP contribution is 2.35. The first kappa shape index (κ1) is 15.8. The smallest absolute Gasteiger partial charge is 0.315 e. The molecule has 0 spiro atoms. The van der Waals surface area contributed by atoms with Gasteiger partial charge in [-0.05, 0) is 56.0 Å². The molecule has 4 nitrogen and oxygen atoms in total. The van der Waals surface area contributed by atoms with Gasteiger partial charge in [-0.3, -0.25) is 9.78 Å². The van der Waals surface area contributed by atoms with Crippen molar-refractivity contribution in [1.82, 2.24) is 4.98 Å². The number of esters is 1. The van der Waals surface area contributed by atoms with E-state index in [0.29, 0.717) is 17.3 Å². The number of rotatable bonds is 3. The third kappa shape index (κ3) is 3.17. The highest BCUT2D eigenvalue weighted by Gasteiger charge is 2.29. The Morgan fingerprint density at radius 3 is 3.04 bits per heavy atom. The second kappa shape index (κ2) is 6.59. The fourth-order valence-corrected chi connectivity index (χ4v) is 3.24. The minimum atomic E-state index is -0.260. The molecule has 1 unspecified atom stereocenters. The molecule has 0 saturated carbocycles. The second-order valence-corrected chi connectivity index (χ2v) is 6.13. The number of hydrogen-bond acceptors (Lipinski definition) is 4. The molecular weight excluding hydrogens is 312 g/mol. The third-order valence-electron chi connectivity index (χ3n) is 4.17. The molecule has 0 fully saturated rings. The predicted molar refractivity (Wildman–Crippen MR) is 91.4 cm³/mol. The van der Waals surface area contributed by atoms with Gasteiger partial charge in [0.15, 0.2) is 0 Å². The maximum atomic E-state index is 12.1. The zero-order chi connectivity index (χ0) is 16.4. The number of aryl methyl sites for hydroxylation is 1. The lowest BCUT2D eigenvalue weighted by Gasteiger charge is -2.23. The third-order valence-corrected chi connectivity index (χ3v) is 4.40. The van der Waals surface area contributed by atoms with Crippen molar-refractivity contribution in [2.24, 2.45) is 0 Å². The van der Waals surface area contributed by atoms with Gasteiger partial charge in [-0.2, -0.15) is 0 Å². The van der Waals surface area contributed by atoms with E-state index in [9.17, 15) is 4.79 Å². The number of carbonyl (C=O) groups is 1. The number of benzene rings is 1. The molecule has 2 aromatic rings. The summed E-state index contributed by atoms with van der Waals surface area (Å²) in [6, 6.07) is 7.46. The molecule has 1 atom stereocenters. The van der Waals surface area contributed by atoms with Gasteiger partial charge >= 0.3 is 5.97 Å². The molecule has 120 valence electrons. The van der Waals surface area contributed by atoms with Crippen molar-refractivity contribution in [3.05, 3.63) is 46.7 Å². The number of aromatic nitrogens is 1. The fourth-order valence-electron chi connectivity index (χ4n) is 3.07. The quantitative estimate of drug-likeness (QED) is 0.683. The zero-order valence-corrected chi connectivity index (χ0v) is 13.8. The number of anilines is 1. The lowest BCUT2D eigenvalue weighted by Crippen LogP contribution is -2.22. The highest BCUT2D eigenvalue weighted by molar-refractivity contribution is 6.31. The van der Waals surface area contributed by atoms with Crippen molar-refractivity contribution in [2.45, 2.75) is 32.1 Å². The van der Waals surface area contributed by atoms with E-state index < -0.39 is 0 Å². The number of carbonyl (C=O) groups excluding carboxylic acids is 1. The van der Waals surface area contributed by atoms with E-state index in [1.165, 1.54) is 0 Å². The predicted octanol–water partition coefficient (Wildman–Crippen LogP) is 3.97. The van der Waals surface area contributed by atoms with Gasteiger partial charge in [0.25, 0.3) is 0 Å². The number of nitrogens with zero attached hydrogens (tertiary/aromatic N) is 1. The molecule has 1 aromatic carbocycles. The Hall–Kier alpha value is -2.07. The zero-order valence-electron chi connectivity index (χ0n) is 13.0. The minimum absolute atomic E-state index is 0.184. The van der Waals surface area contributed by atoms with E-state index in [1.807, 2.05) is 13.0 Å². The van der Waals surface area contributed by atoms with E-state index in [1.54, 1.807) is 18.3 Å². The Bertz CT molecular complexity index is 746. The highest BCUT2D eigenvalue weighted by atomic mass is 35.5. The first-order valence-electron chi connectivity index (χ1n) is 7.81. The van der Waals surface area contributed by atoms with Gasteiger partial charge < -0.3 is 10.5 Å².